The first-order chi connectivity index (χ1) is 11.3. The smallest absolute Gasteiger partial charge is 0.222 e. The zero-order valence-corrected chi connectivity index (χ0v) is 13.0. The van der Waals surface area contributed by atoms with Gasteiger partial charge in [-0.05, 0) is 24.5 Å². The van der Waals surface area contributed by atoms with E-state index in [9.17, 15) is 4.79 Å². The number of aromatic nitrogens is 3. The molecule has 0 spiro atoms. The highest BCUT2D eigenvalue weighted by Gasteiger charge is 2.21. The van der Waals surface area contributed by atoms with Crippen molar-refractivity contribution in [3.05, 3.63) is 53.7 Å². The third kappa shape index (κ3) is 2.74. The Hall–Kier alpha value is -2.56. The number of aryl methyl sites for hydroxylation is 1. The fourth-order valence-electron chi connectivity index (χ4n) is 3.35. The van der Waals surface area contributed by atoms with Crippen molar-refractivity contribution >= 4 is 16.8 Å². The fourth-order valence-corrected chi connectivity index (χ4v) is 3.35. The monoisotopic (exact) mass is 308 g/mol. The second kappa shape index (κ2) is 5.91. The number of fused-ring (bicyclic) bond motifs is 2. The lowest BCUT2D eigenvalue weighted by Gasteiger charge is -2.26. The quantitative estimate of drug-likeness (QED) is 0.778. The van der Waals surface area contributed by atoms with Crippen molar-refractivity contribution in [3.8, 4) is 0 Å². The van der Waals surface area contributed by atoms with E-state index in [1.807, 2.05) is 11.0 Å². The Bertz CT molecular complexity index is 832. The van der Waals surface area contributed by atoms with Crippen LogP contribution >= 0.6 is 0 Å². The average molecular weight is 308 g/mol. The third-order valence-corrected chi connectivity index (χ3v) is 4.64. The molecule has 0 fully saturated rings. The van der Waals surface area contributed by atoms with E-state index in [-0.39, 0.29) is 5.91 Å². The number of para-hydroxylation sites is 1. The first-order valence-corrected chi connectivity index (χ1v) is 8.15. The number of amides is 1. The van der Waals surface area contributed by atoms with Gasteiger partial charge in [0, 0.05) is 36.5 Å². The number of carbonyl (C=O) groups is 1. The molecular formula is C18H20N4O. The zero-order valence-electron chi connectivity index (χ0n) is 13.0. The van der Waals surface area contributed by atoms with Crippen molar-refractivity contribution in [1.29, 1.82) is 0 Å². The summed E-state index contributed by atoms with van der Waals surface area (Å²) in [6, 6.07) is 8.31. The second-order valence-electron chi connectivity index (χ2n) is 6.11. The summed E-state index contributed by atoms with van der Waals surface area (Å²) in [4.78, 5) is 25.0. The summed E-state index contributed by atoms with van der Waals surface area (Å²) in [5.41, 5.74) is 4.65. The van der Waals surface area contributed by atoms with E-state index in [2.05, 4.69) is 39.3 Å². The van der Waals surface area contributed by atoms with Crippen molar-refractivity contribution in [2.24, 2.45) is 0 Å². The van der Waals surface area contributed by atoms with Gasteiger partial charge in [0.1, 0.15) is 0 Å². The maximum Gasteiger partial charge on any atom is 0.222 e. The molecule has 0 saturated heterocycles. The Kier molecular flexibility index (Phi) is 3.61. The standard InChI is InChI=1S/C18H20N4O/c23-18(22-9-8-16-17(11-22)21-12-20-16)7-3-4-13-10-19-15-6-2-1-5-14(13)15/h1-2,5-6,10,12,19H,3-4,7-9,11H2,(H,20,21). The molecule has 0 unspecified atom stereocenters. The van der Waals surface area contributed by atoms with E-state index in [4.69, 9.17) is 0 Å². The summed E-state index contributed by atoms with van der Waals surface area (Å²) in [5.74, 6) is 0.241. The molecule has 0 saturated carbocycles. The Balaban J connectivity index is 1.34. The van der Waals surface area contributed by atoms with Gasteiger partial charge in [-0.15, -0.1) is 0 Å². The number of carbonyl (C=O) groups excluding carboxylic acids is 1. The number of nitrogens with zero attached hydrogens (tertiary/aromatic N) is 2. The highest BCUT2D eigenvalue weighted by molar-refractivity contribution is 5.83. The summed E-state index contributed by atoms with van der Waals surface area (Å²) >= 11 is 0. The average Bonchev–Trinajstić information content (AvgIpc) is 3.21. The topological polar surface area (TPSA) is 64.8 Å². The van der Waals surface area contributed by atoms with Crippen LogP contribution in [0.3, 0.4) is 0 Å². The van der Waals surface area contributed by atoms with Gasteiger partial charge in [0.05, 0.1) is 24.3 Å². The molecular weight excluding hydrogens is 288 g/mol. The van der Waals surface area contributed by atoms with E-state index in [1.165, 1.54) is 10.9 Å². The molecule has 118 valence electrons. The van der Waals surface area contributed by atoms with Gasteiger partial charge in [-0.25, -0.2) is 4.98 Å². The van der Waals surface area contributed by atoms with Crippen molar-refractivity contribution in [3.63, 3.8) is 0 Å². The molecule has 0 aliphatic carbocycles. The number of H-pyrrole nitrogens is 2. The molecule has 0 radical (unpaired) electrons. The number of aromatic amines is 2. The largest absolute Gasteiger partial charge is 0.361 e. The first kappa shape index (κ1) is 14.1. The van der Waals surface area contributed by atoms with Crippen LogP contribution in [-0.2, 0) is 24.2 Å². The van der Waals surface area contributed by atoms with Crippen LogP contribution in [0.25, 0.3) is 10.9 Å². The highest BCUT2D eigenvalue weighted by atomic mass is 16.2. The number of rotatable bonds is 4. The maximum atomic E-state index is 12.4. The molecule has 2 aromatic heterocycles. The lowest BCUT2D eigenvalue weighted by atomic mass is 10.1. The van der Waals surface area contributed by atoms with Gasteiger partial charge in [0.25, 0.3) is 0 Å². The van der Waals surface area contributed by atoms with Gasteiger partial charge in [-0.1, -0.05) is 18.2 Å². The van der Waals surface area contributed by atoms with Crippen LogP contribution in [0.1, 0.15) is 29.8 Å². The number of imidazole rings is 1. The molecule has 1 aromatic carbocycles. The predicted octanol–water partition coefficient (Wildman–Crippen LogP) is 2.80. The van der Waals surface area contributed by atoms with Gasteiger partial charge in [-0.3, -0.25) is 4.79 Å². The lowest BCUT2D eigenvalue weighted by molar-refractivity contribution is -0.132. The van der Waals surface area contributed by atoms with Gasteiger partial charge >= 0.3 is 0 Å². The van der Waals surface area contributed by atoms with Crippen molar-refractivity contribution < 1.29 is 4.79 Å². The Morgan fingerprint density at radius 3 is 3.13 bits per heavy atom. The maximum absolute atomic E-state index is 12.4. The van der Waals surface area contributed by atoms with Crippen LogP contribution in [0.2, 0.25) is 0 Å². The summed E-state index contributed by atoms with van der Waals surface area (Å²) in [6.45, 7) is 1.45. The minimum atomic E-state index is 0.241. The van der Waals surface area contributed by atoms with E-state index in [0.717, 1.165) is 42.7 Å². The Morgan fingerprint density at radius 1 is 1.26 bits per heavy atom. The van der Waals surface area contributed by atoms with Gasteiger partial charge < -0.3 is 14.9 Å². The third-order valence-electron chi connectivity index (χ3n) is 4.64. The van der Waals surface area contributed by atoms with Crippen LogP contribution in [-0.4, -0.2) is 32.3 Å². The van der Waals surface area contributed by atoms with Gasteiger partial charge in [0.15, 0.2) is 0 Å². The predicted molar refractivity (Wildman–Crippen MR) is 88.9 cm³/mol. The molecule has 5 heteroatoms. The van der Waals surface area contributed by atoms with Crippen LogP contribution < -0.4 is 0 Å². The minimum absolute atomic E-state index is 0.241. The van der Waals surface area contributed by atoms with E-state index in [1.54, 1.807) is 6.33 Å². The summed E-state index contributed by atoms with van der Waals surface area (Å²) in [5, 5.41) is 1.26. The summed E-state index contributed by atoms with van der Waals surface area (Å²) in [6.07, 6.45) is 7.05. The molecule has 23 heavy (non-hydrogen) atoms. The molecule has 3 heterocycles. The molecule has 4 rings (SSSR count). The summed E-state index contributed by atoms with van der Waals surface area (Å²) < 4.78 is 0. The molecule has 0 atom stereocenters. The lowest BCUT2D eigenvalue weighted by Crippen LogP contribution is -2.35. The first-order valence-electron chi connectivity index (χ1n) is 8.15. The van der Waals surface area contributed by atoms with Crippen LogP contribution in [0, 0.1) is 0 Å². The summed E-state index contributed by atoms with van der Waals surface area (Å²) in [7, 11) is 0. The molecule has 1 amide bonds. The molecule has 1 aliphatic heterocycles. The second-order valence-corrected chi connectivity index (χ2v) is 6.11. The van der Waals surface area contributed by atoms with Crippen molar-refractivity contribution in [2.45, 2.75) is 32.2 Å². The molecule has 1 aliphatic rings. The molecule has 5 nitrogen and oxygen atoms in total. The van der Waals surface area contributed by atoms with Gasteiger partial charge in [-0.2, -0.15) is 0 Å². The Labute approximate surface area is 134 Å². The van der Waals surface area contributed by atoms with Crippen LogP contribution in [0.4, 0.5) is 0 Å². The fraction of sp³-hybridized carbons (Fsp3) is 0.333. The highest BCUT2D eigenvalue weighted by Crippen LogP contribution is 2.20. The number of nitrogens with one attached hydrogen (secondary N) is 2. The Morgan fingerprint density at radius 2 is 2.17 bits per heavy atom. The zero-order chi connectivity index (χ0) is 15.6. The van der Waals surface area contributed by atoms with Gasteiger partial charge in [0.2, 0.25) is 5.91 Å². The van der Waals surface area contributed by atoms with E-state index < -0.39 is 0 Å². The molecule has 2 N–H and O–H groups in total. The molecule has 0 bridgehead atoms. The van der Waals surface area contributed by atoms with Crippen molar-refractivity contribution in [1.82, 2.24) is 19.9 Å². The van der Waals surface area contributed by atoms with E-state index >= 15 is 0 Å². The van der Waals surface area contributed by atoms with Crippen LogP contribution in [0.15, 0.2) is 36.8 Å². The number of benzene rings is 1. The molecule has 3 aromatic rings. The number of hydrogen-bond acceptors (Lipinski definition) is 2. The normalized spacial score (nSPS) is 14.2. The minimum Gasteiger partial charge on any atom is -0.361 e. The number of hydrogen-bond donors (Lipinski definition) is 2. The van der Waals surface area contributed by atoms with Crippen molar-refractivity contribution in [2.75, 3.05) is 6.54 Å². The SMILES string of the molecule is O=C(CCCc1c[nH]c2ccccc12)N1CCc2nc[nH]c2C1. The van der Waals surface area contributed by atoms with Crippen LogP contribution in [0.5, 0.6) is 0 Å². The van der Waals surface area contributed by atoms with E-state index in [0.29, 0.717) is 13.0 Å².